The van der Waals surface area contributed by atoms with Crippen molar-refractivity contribution >= 4 is 37.3 Å². The van der Waals surface area contributed by atoms with Gasteiger partial charge in [-0.15, -0.1) is 11.3 Å². The number of aryl methyl sites for hydroxylation is 1. The van der Waals surface area contributed by atoms with Crippen LogP contribution in [0.3, 0.4) is 0 Å². The van der Waals surface area contributed by atoms with Crippen molar-refractivity contribution in [2.45, 2.75) is 24.7 Å². The summed E-state index contributed by atoms with van der Waals surface area (Å²) in [4.78, 5) is 1.08. The highest BCUT2D eigenvalue weighted by Gasteiger charge is 2.42. The summed E-state index contributed by atoms with van der Waals surface area (Å²) < 4.78 is 27.5. The van der Waals surface area contributed by atoms with E-state index in [0.29, 0.717) is 11.4 Å². The molecule has 0 saturated heterocycles. The molecule has 1 heterocycles. The maximum atomic E-state index is 12.0. The third-order valence-corrected chi connectivity index (χ3v) is 6.27. The normalized spacial score (nSPS) is 18.3. The van der Waals surface area contributed by atoms with Gasteiger partial charge in [-0.3, -0.25) is 0 Å². The number of rotatable bonds is 5. The molecule has 2 rings (SSSR count). The van der Waals surface area contributed by atoms with E-state index >= 15 is 0 Å². The summed E-state index contributed by atoms with van der Waals surface area (Å²) in [5.74, 6) is 0. The van der Waals surface area contributed by atoms with Crippen molar-refractivity contribution in [1.82, 2.24) is 4.72 Å². The highest BCUT2D eigenvalue weighted by Crippen LogP contribution is 2.44. The monoisotopic (exact) mass is 339 g/mol. The van der Waals surface area contributed by atoms with E-state index in [2.05, 4.69) is 20.7 Å². The second-order valence-electron chi connectivity index (χ2n) is 4.45. The summed E-state index contributed by atoms with van der Waals surface area (Å²) >= 11 is 4.68. The van der Waals surface area contributed by atoms with Crippen molar-refractivity contribution in [3.05, 3.63) is 14.7 Å². The minimum atomic E-state index is -3.45. The number of thiophene rings is 1. The van der Waals surface area contributed by atoms with Crippen LogP contribution in [0.25, 0.3) is 0 Å². The predicted molar refractivity (Wildman–Crippen MR) is 70.7 cm³/mol. The summed E-state index contributed by atoms with van der Waals surface area (Å²) in [5, 5.41) is 9.14. The fourth-order valence-electron chi connectivity index (χ4n) is 1.59. The van der Waals surface area contributed by atoms with Gasteiger partial charge in [-0.05, 0) is 41.8 Å². The van der Waals surface area contributed by atoms with Gasteiger partial charge in [0, 0.05) is 23.4 Å². The molecule has 17 heavy (non-hydrogen) atoms. The lowest BCUT2D eigenvalue weighted by Crippen LogP contribution is -2.32. The quantitative estimate of drug-likeness (QED) is 0.860. The van der Waals surface area contributed by atoms with Gasteiger partial charge in [-0.1, -0.05) is 0 Å². The zero-order valence-electron chi connectivity index (χ0n) is 9.36. The first-order valence-corrected chi connectivity index (χ1v) is 8.34. The summed E-state index contributed by atoms with van der Waals surface area (Å²) in [5.41, 5.74) is -0.214. The molecule has 1 saturated carbocycles. The van der Waals surface area contributed by atoms with Crippen LogP contribution in [0.15, 0.2) is 14.7 Å². The third kappa shape index (κ3) is 2.90. The zero-order chi connectivity index (χ0) is 12.7. The van der Waals surface area contributed by atoms with Gasteiger partial charge in [0.15, 0.2) is 0 Å². The molecule has 2 N–H and O–H groups in total. The van der Waals surface area contributed by atoms with E-state index in [4.69, 9.17) is 5.11 Å². The Morgan fingerprint density at radius 1 is 1.59 bits per heavy atom. The summed E-state index contributed by atoms with van der Waals surface area (Å²) in [7, 11) is -3.45. The molecule has 0 atom stereocenters. The van der Waals surface area contributed by atoms with E-state index in [-0.39, 0.29) is 12.0 Å². The SMILES string of the molecule is Cc1sc(Br)cc1S(=O)(=O)NCC1(CO)CC1. The lowest BCUT2D eigenvalue weighted by molar-refractivity contribution is 0.213. The molecule has 4 nitrogen and oxygen atoms in total. The van der Waals surface area contributed by atoms with Crippen LogP contribution in [-0.2, 0) is 10.0 Å². The second kappa shape index (κ2) is 4.62. The van der Waals surface area contributed by atoms with E-state index in [1.54, 1.807) is 13.0 Å². The highest BCUT2D eigenvalue weighted by molar-refractivity contribution is 9.11. The maximum absolute atomic E-state index is 12.0. The van der Waals surface area contributed by atoms with Crippen LogP contribution >= 0.6 is 27.3 Å². The van der Waals surface area contributed by atoms with Crippen LogP contribution in [0.1, 0.15) is 17.7 Å². The molecule has 0 bridgehead atoms. The number of nitrogens with one attached hydrogen (secondary N) is 1. The Labute approximate surface area is 113 Å². The lowest BCUT2D eigenvalue weighted by Gasteiger charge is -2.12. The lowest BCUT2D eigenvalue weighted by atomic mass is 10.1. The Hall–Kier alpha value is 0.0500. The van der Waals surface area contributed by atoms with Gasteiger partial charge in [0.05, 0.1) is 8.68 Å². The van der Waals surface area contributed by atoms with Crippen molar-refractivity contribution in [3.8, 4) is 0 Å². The Morgan fingerprint density at radius 2 is 2.24 bits per heavy atom. The van der Waals surface area contributed by atoms with Gasteiger partial charge in [0.25, 0.3) is 0 Å². The van der Waals surface area contributed by atoms with Gasteiger partial charge in [-0.2, -0.15) is 0 Å². The van der Waals surface area contributed by atoms with Crippen LogP contribution in [-0.4, -0.2) is 26.7 Å². The molecule has 1 aliphatic carbocycles. The zero-order valence-corrected chi connectivity index (χ0v) is 12.6. The fraction of sp³-hybridized carbons (Fsp3) is 0.600. The molecule has 96 valence electrons. The molecule has 0 unspecified atom stereocenters. The molecule has 0 amide bonds. The molecule has 1 aliphatic rings. The third-order valence-electron chi connectivity index (χ3n) is 3.06. The van der Waals surface area contributed by atoms with Crippen molar-refractivity contribution in [2.24, 2.45) is 5.41 Å². The number of hydrogen-bond donors (Lipinski definition) is 2. The Kier molecular flexibility index (Phi) is 3.66. The number of halogens is 1. The Morgan fingerprint density at radius 3 is 2.65 bits per heavy atom. The Balaban J connectivity index is 2.12. The van der Waals surface area contributed by atoms with Crippen LogP contribution in [0.4, 0.5) is 0 Å². The van der Waals surface area contributed by atoms with E-state index in [1.807, 2.05) is 0 Å². The first-order valence-electron chi connectivity index (χ1n) is 5.25. The summed E-state index contributed by atoms with van der Waals surface area (Å²) in [6.45, 7) is 2.14. The summed E-state index contributed by atoms with van der Waals surface area (Å²) in [6, 6.07) is 1.61. The number of aliphatic hydroxyl groups excluding tert-OH is 1. The van der Waals surface area contributed by atoms with Gasteiger partial charge < -0.3 is 5.11 Å². The van der Waals surface area contributed by atoms with E-state index in [1.165, 1.54) is 11.3 Å². The minimum absolute atomic E-state index is 0.0435. The standard InChI is InChI=1S/C10H14BrNO3S2/c1-7-8(4-9(11)16-7)17(14,15)12-5-10(6-13)2-3-10/h4,12-13H,2-3,5-6H2,1H3. The van der Waals surface area contributed by atoms with Crippen molar-refractivity contribution in [3.63, 3.8) is 0 Å². The molecule has 0 spiro atoms. The van der Waals surface area contributed by atoms with Crippen molar-refractivity contribution < 1.29 is 13.5 Å². The topological polar surface area (TPSA) is 66.4 Å². The van der Waals surface area contributed by atoms with E-state index in [0.717, 1.165) is 21.5 Å². The number of sulfonamides is 1. The van der Waals surface area contributed by atoms with Crippen molar-refractivity contribution in [2.75, 3.05) is 13.2 Å². The fourth-order valence-corrected chi connectivity index (χ4v) is 5.16. The average molecular weight is 340 g/mol. The first-order chi connectivity index (χ1) is 7.88. The largest absolute Gasteiger partial charge is 0.396 e. The summed E-state index contributed by atoms with van der Waals surface area (Å²) in [6.07, 6.45) is 1.77. The van der Waals surface area contributed by atoms with E-state index in [9.17, 15) is 8.42 Å². The van der Waals surface area contributed by atoms with Crippen molar-refractivity contribution in [1.29, 1.82) is 0 Å². The molecular weight excluding hydrogens is 326 g/mol. The number of hydrogen-bond acceptors (Lipinski definition) is 4. The van der Waals surface area contributed by atoms with Crippen LogP contribution in [0.5, 0.6) is 0 Å². The molecule has 1 aromatic heterocycles. The van der Waals surface area contributed by atoms with Gasteiger partial charge in [0.2, 0.25) is 10.0 Å². The molecule has 7 heteroatoms. The molecular formula is C10H14BrNO3S2. The molecule has 0 aromatic carbocycles. The highest BCUT2D eigenvalue weighted by atomic mass is 79.9. The molecule has 0 radical (unpaired) electrons. The predicted octanol–water partition coefficient (Wildman–Crippen LogP) is 1.87. The van der Waals surface area contributed by atoms with Crippen LogP contribution in [0, 0.1) is 12.3 Å². The average Bonchev–Trinajstić information content (AvgIpc) is 2.96. The smallest absolute Gasteiger partial charge is 0.241 e. The van der Waals surface area contributed by atoms with Crippen LogP contribution < -0.4 is 4.72 Å². The second-order valence-corrected chi connectivity index (χ2v) is 8.82. The molecule has 1 fully saturated rings. The first kappa shape index (κ1) is 13.5. The number of aliphatic hydroxyl groups is 1. The molecule has 1 aromatic rings. The van der Waals surface area contributed by atoms with Gasteiger partial charge >= 0.3 is 0 Å². The minimum Gasteiger partial charge on any atom is -0.396 e. The van der Waals surface area contributed by atoms with Gasteiger partial charge in [-0.25, -0.2) is 13.1 Å². The maximum Gasteiger partial charge on any atom is 0.241 e. The Bertz CT molecular complexity index is 520. The molecule has 0 aliphatic heterocycles. The van der Waals surface area contributed by atoms with Crippen LogP contribution in [0.2, 0.25) is 0 Å². The van der Waals surface area contributed by atoms with Gasteiger partial charge in [0.1, 0.15) is 0 Å². The van der Waals surface area contributed by atoms with E-state index < -0.39 is 10.0 Å².